The second kappa shape index (κ2) is 6.72. The van der Waals surface area contributed by atoms with Gasteiger partial charge in [0, 0.05) is 18.8 Å². The third-order valence-corrected chi connectivity index (χ3v) is 3.78. The molecule has 21 heavy (non-hydrogen) atoms. The first kappa shape index (κ1) is 15.5. The summed E-state index contributed by atoms with van der Waals surface area (Å²) in [6.07, 6.45) is 1.88. The van der Waals surface area contributed by atoms with Crippen LogP contribution in [-0.4, -0.2) is 11.1 Å². The molecule has 0 amide bonds. The van der Waals surface area contributed by atoms with E-state index in [2.05, 4.69) is 44.3 Å². The number of pyridine rings is 1. The monoisotopic (exact) mass is 284 g/mol. The standard InChI is InChI=1S/C18H24N2O/c1-5-19-17(16-7-6-13(2)10-15(16)4)12-20-9-8-14(3)11-18(20)21/h6-11,17,19H,5,12H2,1-4H3. The van der Waals surface area contributed by atoms with Crippen molar-refractivity contribution in [1.82, 2.24) is 9.88 Å². The van der Waals surface area contributed by atoms with Crippen LogP contribution in [0.4, 0.5) is 0 Å². The second-order valence-electron chi connectivity index (χ2n) is 5.66. The molecule has 0 saturated heterocycles. The quantitative estimate of drug-likeness (QED) is 0.915. The van der Waals surface area contributed by atoms with Gasteiger partial charge in [0.1, 0.15) is 0 Å². The molecule has 0 aliphatic rings. The maximum atomic E-state index is 12.1. The van der Waals surface area contributed by atoms with Gasteiger partial charge in [-0.25, -0.2) is 0 Å². The average molecular weight is 284 g/mol. The number of hydrogen-bond acceptors (Lipinski definition) is 2. The average Bonchev–Trinajstić information content (AvgIpc) is 2.41. The van der Waals surface area contributed by atoms with Crippen LogP contribution in [0.25, 0.3) is 0 Å². The number of nitrogens with zero attached hydrogens (tertiary/aromatic N) is 1. The predicted molar refractivity (Wildman–Crippen MR) is 87.8 cm³/mol. The van der Waals surface area contributed by atoms with Gasteiger partial charge in [0.25, 0.3) is 5.56 Å². The SMILES string of the molecule is CCNC(Cn1ccc(C)cc1=O)c1ccc(C)cc1C. The summed E-state index contributed by atoms with van der Waals surface area (Å²) < 4.78 is 1.78. The van der Waals surface area contributed by atoms with Gasteiger partial charge in [-0.15, -0.1) is 0 Å². The molecule has 3 heteroatoms. The molecule has 1 atom stereocenters. The lowest BCUT2D eigenvalue weighted by atomic mass is 9.99. The number of likely N-dealkylation sites (N-methyl/N-ethyl adjacent to an activating group) is 1. The van der Waals surface area contributed by atoms with Crippen molar-refractivity contribution in [3.05, 3.63) is 69.1 Å². The molecule has 0 aliphatic heterocycles. The molecule has 1 N–H and O–H groups in total. The Morgan fingerprint density at radius 1 is 1.10 bits per heavy atom. The second-order valence-corrected chi connectivity index (χ2v) is 5.66. The summed E-state index contributed by atoms with van der Waals surface area (Å²) in [4.78, 5) is 12.1. The number of rotatable bonds is 5. The molecule has 0 fully saturated rings. The third kappa shape index (κ3) is 3.82. The molecular formula is C18H24N2O. The first-order chi connectivity index (χ1) is 10.0. The lowest BCUT2D eigenvalue weighted by Gasteiger charge is -2.22. The topological polar surface area (TPSA) is 34.0 Å². The minimum atomic E-state index is 0.0580. The molecule has 0 spiro atoms. The van der Waals surface area contributed by atoms with E-state index in [9.17, 15) is 4.79 Å². The molecule has 1 aromatic carbocycles. The van der Waals surface area contributed by atoms with Crippen LogP contribution in [0.5, 0.6) is 0 Å². The molecule has 3 nitrogen and oxygen atoms in total. The smallest absolute Gasteiger partial charge is 0.250 e. The van der Waals surface area contributed by atoms with Crippen molar-refractivity contribution < 1.29 is 0 Å². The van der Waals surface area contributed by atoms with Crippen molar-refractivity contribution in [2.75, 3.05) is 6.54 Å². The Labute approximate surface area is 126 Å². The highest BCUT2D eigenvalue weighted by Gasteiger charge is 2.14. The first-order valence-electron chi connectivity index (χ1n) is 7.49. The highest BCUT2D eigenvalue weighted by Crippen LogP contribution is 2.20. The van der Waals surface area contributed by atoms with E-state index in [0.29, 0.717) is 6.54 Å². The van der Waals surface area contributed by atoms with Gasteiger partial charge in [-0.05, 0) is 50.1 Å². The van der Waals surface area contributed by atoms with Crippen LogP contribution in [0, 0.1) is 20.8 Å². The van der Waals surface area contributed by atoms with E-state index in [-0.39, 0.29) is 11.6 Å². The van der Waals surface area contributed by atoms with Gasteiger partial charge in [-0.2, -0.15) is 0 Å². The summed E-state index contributed by atoms with van der Waals surface area (Å²) >= 11 is 0. The summed E-state index contributed by atoms with van der Waals surface area (Å²) in [5, 5.41) is 3.49. The molecule has 2 rings (SSSR count). The van der Waals surface area contributed by atoms with Gasteiger partial charge in [0.15, 0.2) is 0 Å². The van der Waals surface area contributed by atoms with Gasteiger partial charge in [0.2, 0.25) is 0 Å². The van der Waals surface area contributed by atoms with E-state index in [0.717, 1.165) is 12.1 Å². The minimum absolute atomic E-state index is 0.0580. The maximum absolute atomic E-state index is 12.1. The molecular weight excluding hydrogens is 260 g/mol. The largest absolute Gasteiger partial charge is 0.314 e. The summed E-state index contributed by atoms with van der Waals surface area (Å²) in [5.41, 5.74) is 4.85. The molecule has 2 aromatic rings. The Morgan fingerprint density at radius 2 is 1.81 bits per heavy atom. The van der Waals surface area contributed by atoms with Crippen molar-refractivity contribution in [2.45, 2.75) is 40.3 Å². The summed E-state index contributed by atoms with van der Waals surface area (Å²) in [5.74, 6) is 0. The fraction of sp³-hybridized carbons (Fsp3) is 0.389. The zero-order valence-electron chi connectivity index (χ0n) is 13.3. The van der Waals surface area contributed by atoms with E-state index in [4.69, 9.17) is 0 Å². The van der Waals surface area contributed by atoms with Crippen LogP contribution in [0.15, 0.2) is 41.3 Å². The lowest BCUT2D eigenvalue weighted by molar-refractivity contribution is 0.465. The maximum Gasteiger partial charge on any atom is 0.250 e. The highest BCUT2D eigenvalue weighted by atomic mass is 16.1. The van der Waals surface area contributed by atoms with Crippen LogP contribution >= 0.6 is 0 Å². The van der Waals surface area contributed by atoms with Gasteiger partial charge in [-0.3, -0.25) is 4.79 Å². The molecule has 1 heterocycles. The van der Waals surface area contributed by atoms with E-state index in [1.165, 1.54) is 16.7 Å². The zero-order valence-corrected chi connectivity index (χ0v) is 13.3. The van der Waals surface area contributed by atoms with E-state index < -0.39 is 0 Å². The Morgan fingerprint density at radius 3 is 2.43 bits per heavy atom. The predicted octanol–water partition coefficient (Wildman–Crippen LogP) is 3.12. The zero-order chi connectivity index (χ0) is 15.4. The van der Waals surface area contributed by atoms with Crippen LogP contribution in [0.1, 0.15) is 35.2 Å². The summed E-state index contributed by atoms with van der Waals surface area (Å²) in [6, 6.07) is 10.3. The van der Waals surface area contributed by atoms with Gasteiger partial charge >= 0.3 is 0 Å². The van der Waals surface area contributed by atoms with Gasteiger partial charge in [0.05, 0.1) is 6.04 Å². The van der Waals surface area contributed by atoms with Crippen LogP contribution < -0.4 is 10.9 Å². The van der Waals surface area contributed by atoms with Crippen molar-refractivity contribution in [2.24, 2.45) is 0 Å². The molecule has 1 unspecified atom stereocenters. The van der Waals surface area contributed by atoms with Gasteiger partial charge in [-0.1, -0.05) is 30.7 Å². The highest BCUT2D eigenvalue weighted by molar-refractivity contribution is 5.32. The molecule has 0 radical (unpaired) electrons. The lowest BCUT2D eigenvalue weighted by Crippen LogP contribution is -2.30. The fourth-order valence-electron chi connectivity index (χ4n) is 2.69. The minimum Gasteiger partial charge on any atom is -0.314 e. The first-order valence-corrected chi connectivity index (χ1v) is 7.49. The fourth-order valence-corrected chi connectivity index (χ4v) is 2.69. The van der Waals surface area contributed by atoms with Crippen molar-refractivity contribution in [3.63, 3.8) is 0 Å². The number of aryl methyl sites for hydroxylation is 3. The Bertz CT molecular complexity index is 673. The molecule has 112 valence electrons. The number of benzene rings is 1. The molecule has 1 aromatic heterocycles. The van der Waals surface area contributed by atoms with E-state index in [1.54, 1.807) is 10.6 Å². The molecule has 0 aliphatic carbocycles. The number of hydrogen-bond donors (Lipinski definition) is 1. The number of nitrogens with one attached hydrogen (secondary N) is 1. The Kier molecular flexibility index (Phi) is 4.97. The van der Waals surface area contributed by atoms with E-state index in [1.807, 2.05) is 19.2 Å². The normalized spacial score (nSPS) is 12.4. The van der Waals surface area contributed by atoms with Crippen molar-refractivity contribution in [3.8, 4) is 0 Å². The van der Waals surface area contributed by atoms with Crippen LogP contribution in [-0.2, 0) is 6.54 Å². The van der Waals surface area contributed by atoms with E-state index >= 15 is 0 Å². The third-order valence-electron chi connectivity index (χ3n) is 3.78. The number of aromatic nitrogens is 1. The van der Waals surface area contributed by atoms with Crippen molar-refractivity contribution >= 4 is 0 Å². The van der Waals surface area contributed by atoms with Crippen LogP contribution in [0.3, 0.4) is 0 Å². The van der Waals surface area contributed by atoms with Gasteiger partial charge < -0.3 is 9.88 Å². The Hall–Kier alpha value is -1.87. The molecule has 0 bridgehead atoms. The Balaban J connectivity index is 2.32. The molecule has 0 saturated carbocycles. The summed E-state index contributed by atoms with van der Waals surface area (Å²) in [6.45, 7) is 9.79. The van der Waals surface area contributed by atoms with Crippen molar-refractivity contribution in [1.29, 1.82) is 0 Å². The van der Waals surface area contributed by atoms with Crippen LogP contribution in [0.2, 0.25) is 0 Å². The summed E-state index contributed by atoms with van der Waals surface area (Å²) in [7, 11) is 0.